The van der Waals surface area contributed by atoms with Crippen molar-refractivity contribution in [1.29, 1.82) is 0 Å². The molecule has 31 heavy (non-hydrogen) atoms. The Morgan fingerprint density at radius 3 is 2.45 bits per heavy atom. The van der Waals surface area contributed by atoms with Gasteiger partial charge in [-0.15, -0.1) is 0 Å². The van der Waals surface area contributed by atoms with Gasteiger partial charge in [0.05, 0.1) is 17.1 Å². The van der Waals surface area contributed by atoms with E-state index in [0.717, 1.165) is 6.26 Å². The molecule has 0 aliphatic heterocycles. The van der Waals surface area contributed by atoms with Crippen LogP contribution >= 0.6 is 11.6 Å². The summed E-state index contributed by atoms with van der Waals surface area (Å²) in [6.45, 7) is 1.30. The van der Waals surface area contributed by atoms with Crippen LogP contribution in [0.5, 0.6) is 0 Å². The molecular weight excluding hydrogens is 438 g/mol. The Balaban J connectivity index is 2.34. The van der Waals surface area contributed by atoms with E-state index < -0.39 is 21.7 Å². The number of nitrogens with two attached hydrogens (primary N) is 1. The molecule has 160 valence electrons. The number of primary amides is 1. The van der Waals surface area contributed by atoms with Crippen molar-refractivity contribution < 1.29 is 18.0 Å². The molecule has 7 nitrogen and oxygen atoms in total. The van der Waals surface area contributed by atoms with Gasteiger partial charge >= 0.3 is 0 Å². The topological polar surface area (TPSA) is 119 Å². The van der Waals surface area contributed by atoms with E-state index in [1.54, 1.807) is 36.5 Å². The van der Waals surface area contributed by atoms with E-state index in [1.807, 2.05) is 6.07 Å². The van der Waals surface area contributed by atoms with E-state index in [2.05, 4.69) is 10.3 Å². The van der Waals surface area contributed by atoms with Crippen LogP contribution in [0.1, 0.15) is 22.8 Å². The van der Waals surface area contributed by atoms with Crippen LogP contribution < -0.4 is 11.1 Å². The normalized spacial score (nSPS) is 11.2. The van der Waals surface area contributed by atoms with E-state index in [4.69, 9.17) is 17.3 Å². The maximum absolute atomic E-state index is 12.2. The summed E-state index contributed by atoms with van der Waals surface area (Å²) in [4.78, 5) is 28.4. The Labute approximate surface area is 185 Å². The lowest BCUT2D eigenvalue weighted by Crippen LogP contribution is -2.17. The third-order valence-corrected chi connectivity index (χ3v) is 5.64. The van der Waals surface area contributed by atoms with Crippen LogP contribution in [-0.4, -0.2) is 31.5 Å². The Hall–Kier alpha value is -3.23. The summed E-state index contributed by atoms with van der Waals surface area (Å²) in [6.07, 6.45) is 2.72. The van der Waals surface area contributed by atoms with Gasteiger partial charge in [0.1, 0.15) is 0 Å². The number of aromatic nitrogens is 1. The van der Waals surface area contributed by atoms with Gasteiger partial charge in [0.2, 0.25) is 11.8 Å². The molecule has 9 heteroatoms. The Morgan fingerprint density at radius 2 is 1.87 bits per heavy atom. The molecule has 0 unspecified atom stereocenters. The van der Waals surface area contributed by atoms with Crippen LogP contribution in [0.2, 0.25) is 5.02 Å². The zero-order valence-corrected chi connectivity index (χ0v) is 18.4. The second kappa shape index (κ2) is 8.87. The van der Waals surface area contributed by atoms with Gasteiger partial charge in [-0.2, -0.15) is 0 Å². The van der Waals surface area contributed by atoms with Crippen LogP contribution in [0, 0.1) is 0 Å². The smallest absolute Gasteiger partial charge is 0.249 e. The summed E-state index contributed by atoms with van der Waals surface area (Å²) in [5.74, 6) is -1.46. The number of nitrogens with zero attached hydrogens (tertiary/aromatic N) is 1. The van der Waals surface area contributed by atoms with Crippen LogP contribution in [0.4, 0.5) is 5.69 Å². The van der Waals surface area contributed by atoms with Crippen LogP contribution in [0.15, 0.2) is 54.7 Å². The molecule has 1 heterocycles. The monoisotopic (exact) mass is 457 g/mol. The van der Waals surface area contributed by atoms with Gasteiger partial charge in [-0.1, -0.05) is 29.8 Å². The summed E-state index contributed by atoms with van der Waals surface area (Å²) >= 11 is 6.38. The van der Waals surface area contributed by atoms with E-state index in [9.17, 15) is 18.0 Å². The van der Waals surface area contributed by atoms with Crippen molar-refractivity contribution in [1.82, 2.24) is 4.98 Å². The predicted molar refractivity (Wildman–Crippen MR) is 121 cm³/mol. The maximum Gasteiger partial charge on any atom is 0.249 e. The van der Waals surface area contributed by atoms with Crippen molar-refractivity contribution in [2.24, 2.45) is 5.73 Å². The van der Waals surface area contributed by atoms with Crippen LogP contribution in [0.3, 0.4) is 0 Å². The first-order valence-corrected chi connectivity index (χ1v) is 11.6. The highest BCUT2D eigenvalue weighted by molar-refractivity contribution is 7.89. The minimum atomic E-state index is -3.42. The number of pyridine rings is 1. The Morgan fingerprint density at radius 1 is 1.13 bits per heavy atom. The molecule has 3 N–H and O–H groups in total. The lowest BCUT2D eigenvalue weighted by molar-refractivity contribution is -0.114. The average molecular weight is 458 g/mol. The number of hydrogen-bond donors (Lipinski definition) is 2. The van der Waals surface area contributed by atoms with Crippen molar-refractivity contribution in [3.8, 4) is 22.4 Å². The number of halogens is 1. The molecule has 3 rings (SSSR count). The molecule has 0 spiro atoms. The third kappa shape index (κ3) is 5.28. The highest BCUT2D eigenvalue weighted by atomic mass is 35.5. The summed E-state index contributed by atoms with van der Waals surface area (Å²) in [6, 6.07) is 13.4. The van der Waals surface area contributed by atoms with Crippen molar-refractivity contribution in [2.75, 3.05) is 11.6 Å². The fourth-order valence-electron chi connectivity index (χ4n) is 3.27. The van der Waals surface area contributed by atoms with Gasteiger partial charge < -0.3 is 11.1 Å². The predicted octanol–water partition coefficient (Wildman–Crippen LogP) is 3.67. The molecule has 0 radical (unpaired) electrons. The van der Waals surface area contributed by atoms with Gasteiger partial charge in [-0.05, 0) is 41.5 Å². The molecule has 0 fully saturated rings. The maximum atomic E-state index is 12.2. The lowest BCUT2D eigenvalue weighted by Gasteiger charge is -2.19. The SMILES string of the molecule is CC(=O)Nc1c(CS(C)(=O)=O)ccc(C(N)=O)c1-c1ccc(Cl)c(-c2ccccn2)c1. The third-order valence-electron chi connectivity index (χ3n) is 4.47. The molecule has 2 amide bonds. The highest BCUT2D eigenvalue weighted by Crippen LogP contribution is 2.39. The second-order valence-electron chi connectivity index (χ2n) is 7.05. The fourth-order valence-corrected chi connectivity index (χ4v) is 4.29. The summed E-state index contributed by atoms with van der Waals surface area (Å²) in [5.41, 5.74) is 8.35. The number of nitrogens with one attached hydrogen (secondary N) is 1. The molecule has 1 aromatic heterocycles. The van der Waals surface area contributed by atoms with E-state index in [-0.39, 0.29) is 17.0 Å². The highest BCUT2D eigenvalue weighted by Gasteiger charge is 2.22. The molecule has 0 aliphatic carbocycles. The zero-order chi connectivity index (χ0) is 22.8. The van der Waals surface area contributed by atoms with E-state index in [0.29, 0.717) is 33.0 Å². The first-order valence-electron chi connectivity index (χ1n) is 9.19. The number of benzene rings is 2. The fraction of sp³-hybridized carbons (Fsp3) is 0.136. The molecule has 0 saturated heterocycles. The molecule has 3 aromatic rings. The van der Waals surface area contributed by atoms with Gasteiger partial charge in [0, 0.05) is 41.1 Å². The number of rotatable bonds is 6. The zero-order valence-electron chi connectivity index (χ0n) is 16.8. The van der Waals surface area contributed by atoms with E-state index in [1.165, 1.54) is 19.1 Å². The first kappa shape index (κ1) is 22.5. The minimum Gasteiger partial charge on any atom is -0.366 e. The van der Waals surface area contributed by atoms with Crippen LogP contribution in [-0.2, 0) is 20.4 Å². The van der Waals surface area contributed by atoms with Crippen molar-refractivity contribution in [2.45, 2.75) is 12.7 Å². The number of hydrogen-bond acceptors (Lipinski definition) is 5. The number of carbonyl (C=O) groups is 2. The van der Waals surface area contributed by atoms with Gasteiger partial charge in [0.15, 0.2) is 9.84 Å². The van der Waals surface area contributed by atoms with Crippen molar-refractivity contribution in [3.63, 3.8) is 0 Å². The molecule has 0 atom stereocenters. The summed E-state index contributed by atoms with van der Waals surface area (Å²) < 4.78 is 23.9. The van der Waals surface area contributed by atoms with Gasteiger partial charge in [0.25, 0.3) is 0 Å². The molecule has 2 aromatic carbocycles. The molecule has 0 aliphatic rings. The molecule has 0 saturated carbocycles. The van der Waals surface area contributed by atoms with Crippen molar-refractivity contribution in [3.05, 3.63) is 70.9 Å². The van der Waals surface area contributed by atoms with Gasteiger partial charge in [-0.3, -0.25) is 14.6 Å². The number of amides is 2. The summed E-state index contributed by atoms with van der Waals surface area (Å²) in [7, 11) is -3.42. The van der Waals surface area contributed by atoms with Crippen molar-refractivity contribution >= 4 is 38.9 Å². The Bertz CT molecular complexity index is 1280. The number of carbonyl (C=O) groups excluding carboxylic acids is 2. The largest absolute Gasteiger partial charge is 0.366 e. The summed E-state index contributed by atoms with van der Waals surface area (Å²) in [5, 5.41) is 3.11. The first-order chi connectivity index (χ1) is 14.6. The number of anilines is 1. The second-order valence-corrected chi connectivity index (χ2v) is 9.59. The number of sulfone groups is 1. The van der Waals surface area contributed by atoms with Crippen LogP contribution in [0.25, 0.3) is 22.4 Å². The quantitative estimate of drug-likeness (QED) is 0.585. The lowest BCUT2D eigenvalue weighted by atomic mass is 9.92. The minimum absolute atomic E-state index is 0.135. The standard InChI is InChI=1S/C22H20ClN3O4S/c1-13(27)26-21-15(12-31(2,29)30)6-8-16(22(24)28)20(21)14-7-9-18(23)17(11-14)19-5-3-4-10-25-19/h3-11H,12H2,1-2H3,(H2,24,28)(H,26,27). The van der Waals surface area contributed by atoms with E-state index >= 15 is 0 Å². The molecule has 0 bridgehead atoms. The van der Waals surface area contributed by atoms with Gasteiger partial charge in [-0.25, -0.2) is 8.42 Å². The molecular formula is C22H20ClN3O4S. The average Bonchev–Trinajstić information content (AvgIpc) is 2.68. The Kier molecular flexibility index (Phi) is 6.42.